The van der Waals surface area contributed by atoms with Gasteiger partial charge >= 0.3 is 0 Å². The van der Waals surface area contributed by atoms with Gasteiger partial charge in [0.1, 0.15) is 0 Å². The van der Waals surface area contributed by atoms with Gasteiger partial charge in [0.2, 0.25) is 0 Å². The zero-order valence-corrected chi connectivity index (χ0v) is 6.03. The summed E-state index contributed by atoms with van der Waals surface area (Å²) in [4.78, 5) is 0. The average Bonchev–Trinajstić information content (AvgIpc) is 2.14. The molecule has 0 aromatic heterocycles. The van der Waals surface area contributed by atoms with Crippen molar-refractivity contribution in [1.82, 2.24) is 0 Å². The molecule has 0 heterocycles. The number of hydrogen-bond acceptors (Lipinski definition) is 2. The maximum Gasteiger partial charge on any atom is 0.0656 e. The van der Waals surface area contributed by atoms with Crippen LogP contribution in [0, 0.1) is 17.2 Å². The third-order valence-electron chi connectivity index (χ3n) is 1.66. The van der Waals surface area contributed by atoms with Crippen molar-refractivity contribution in [3.8, 4) is 6.07 Å². The first-order valence-electron chi connectivity index (χ1n) is 2.98. The fraction of sp³-hybridized carbons (Fsp3) is 0.833. The fourth-order valence-electron chi connectivity index (χ4n) is 1.13. The lowest BCUT2D eigenvalue weighted by Crippen LogP contribution is -2.14. The Kier molecular flexibility index (Phi) is 3.60. The first kappa shape index (κ1) is 8.74. The summed E-state index contributed by atoms with van der Waals surface area (Å²) in [5, 5.41) is 8.38. The molecule has 0 aromatic rings. The van der Waals surface area contributed by atoms with Crippen LogP contribution in [0.25, 0.3) is 0 Å². The predicted octanol–water partition coefficient (Wildman–Crippen LogP) is 1.06. The monoisotopic (exact) mass is 146 g/mol. The third kappa shape index (κ3) is 2.21. The lowest BCUT2D eigenvalue weighted by atomic mass is 10.1. The van der Waals surface area contributed by atoms with Crippen molar-refractivity contribution >= 4 is 12.4 Å². The molecule has 0 spiro atoms. The molecule has 0 saturated heterocycles. The summed E-state index contributed by atoms with van der Waals surface area (Å²) in [5.41, 5.74) is 5.55. The van der Waals surface area contributed by atoms with Crippen LogP contribution >= 0.6 is 12.4 Å². The lowest BCUT2D eigenvalue weighted by molar-refractivity contribution is 0.662. The molecule has 9 heavy (non-hydrogen) atoms. The summed E-state index contributed by atoms with van der Waals surface area (Å²) in [6.07, 6.45) is 2.96. The molecule has 1 aliphatic carbocycles. The molecule has 3 heteroatoms. The number of nitrogens with zero attached hydrogens (tertiary/aromatic N) is 1. The maximum absolute atomic E-state index is 8.38. The Bertz CT molecular complexity index is 119. The van der Waals surface area contributed by atoms with Gasteiger partial charge in [0.25, 0.3) is 0 Å². The molecule has 1 rings (SSSR count). The van der Waals surface area contributed by atoms with Crippen LogP contribution in [0.5, 0.6) is 0 Å². The molecule has 2 N–H and O–H groups in total. The Labute approximate surface area is 61.4 Å². The van der Waals surface area contributed by atoms with Gasteiger partial charge in [0, 0.05) is 12.0 Å². The highest BCUT2D eigenvalue weighted by Crippen LogP contribution is 2.22. The largest absolute Gasteiger partial charge is 0.328 e. The van der Waals surface area contributed by atoms with E-state index < -0.39 is 0 Å². The van der Waals surface area contributed by atoms with Crippen molar-refractivity contribution < 1.29 is 0 Å². The molecule has 2 unspecified atom stereocenters. The van der Waals surface area contributed by atoms with E-state index in [1.54, 1.807) is 0 Å². The highest BCUT2D eigenvalue weighted by Gasteiger charge is 2.20. The zero-order valence-electron chi connectivity index (χ0n) is 5.21. The van der Waals surface area contributed by atoms with E-state index in [4.69, 9.17) is 11.0 Å². The molecule has 0 amide bonds. The van der Waals surface area contributed by atoms with E-state index in [-0.39, 0.29) is 18.3 Å². The summed E-state index contributed by atoms with van der Waals surface area (Å²) < 4.78 is 0. The molecule has 0 aromatic carbocycles. The van der Waals surface area contributed by atoms with Crippen molar-refractivity contribution in [2.45, 2.75) is 25.3 Å². The zero-order chi connectivity index (χ0) is 5.98. The van der Waals surface area contributed by atoms with Crippen molar-refractivity contribution in [2.24, 2.45) is 11.7 Å². The Morgan fingerprint density at radius 3 is 2.33 bits per heavy atom. The summed E-state index contributed by atoms with van der Waals surface area (Å²) in [5.74, 6) is 0.255. The van der Waals surface area contributed by atoms with Gasteiger partial charge in [0.15, 0.2) is 0 Å². The minimum atomic E-state index is 0. The second-order valence-electron chi connectivity index (χ2n) is 2.40. The van der Waals surface area contributed by atoms with Gasteiger partial charge in [-0.05, 0) is 19.3 Å². The van der Waals surface area contributed by atoms with Crippen LogP contribution in [0.1, 0.15) is 19.3 Å². The minimum absolute atomic E-state index is 0. The molecular formula is C6H11ClN2. The molecule has 1 fully saturated rings. The van der Waals surface area contributed by atoms with Crippen LogP contribution in [-0.2, 0) is 0 Å². The summed E-state index contributed by atoms with van der Waals surface area (Å²) in [6.45, 7) is 0. The molecule has 1 aliphatic rings. The molecule has 0 radical (unpaired) electrons. The second-order valence-corrected chi connectivity index (χ2v) is 2.40. The van der Waals surface area contributed by atoms with Gasteiger partial charge in [-0.1, -0.05) is 0 Å². The van der Waals surface area contributed by atoms with Gasteiger partial charge < -0.3 is 5.73 Å². The van der Waals surface area contributed by atoms with Crippen LogP contribution < -0.4 is 5.73 Å². The lowest BCUT2D eigenvalue weighted by Gasteiger charge is -1.95. The van der Waals surface area contributed by atoms with Gasteiger partial charge in [-0.15, -0.1) is 12.4 Å². The average molecular weight is 147 g/mol. The van der Waals surface area contributed by atoms with Crippen molar-refractivity contribution in [2.75, 3.05) is 0 Å². The van der Waals surface area contributed by atoms with Crippen LogP contribution in [0.3, 0.4) is 0 Å². The first-order valence-corrected chi connectivity index (χ1v) is 2.98. The fourth-order valence-corrected chi connectivity index (χ4v) is 1.13. The highest BCUT2D eigenvalue weighted by molar-refractivity contribution is 5.85. The summed E-state index contributed by atoms with van der Waals surface area (Å²) in [7, 11) is 0. The van der Waals surface area contributed by atoms with Gasteiger partial charge in [0.05, 0.1) is 6.07 Å². The van der Waals surface area contributed by atoms with Gasteiger partial charge in [-0.3, -0.25) is 0 Å². The van der Waals surface area contributed by atoms with E-state index >= 15 is 0 Å². The molecule has 1 saturated carbocycles. The number of nitrogens with two attached hydrogens (primary N) is 1. The van der Waals surface area contributed by atoms with E-state index in [1.807, 2.05) is 0 Å². The van der Waals surface area contributed by atoms with Crippen molar-refractivity contribution in [3.63, 3.8) is 0 Å². The smallest absolute Gasteiger partial charge is 0.0656 e. The van der Waals surface area contributed by atoms with E-state index in [0.717, 1.165) is 19.3 Å². The number of nitriles is 1. The summed E-state index contributed by atoms with van der Waals surface area (Å²) >= 11 is 0. The standard InChI is InChI=1S/C6H10N2.ClH/c7-4-5-1-2-6(8)3-5;/h5-6H,1-3,8H2;1H. The molecule has 0 bridgehead atoms. The SMILES string of the molecule is Cl.N#CC1CCC(N)C1. The molecule has 2 atom stereocenters. The van der Waals surface area contributed by atoms with E-state index in [9.17, 15) is 0 Å². The van der Waals surface area contributed by atoms with E-state index in [1.165, 1.54) is 0 Å². The first-order chi connectivity index (χ1) is 3.83. The molecular weight excluding hydrogens is 136 g/mol. The highest BCUT2D eigenvalue weighted by atomic mass is 35.5. The van der Waals surface area contributed by atoms with Crippen LogP contribution in [0.4, 0.5) is 0 Å². The van der Waals surface area contributed by atoms with Crippen LogP contribution in [0.2, 0.25) is 0 Å². The number of hydrogen-bond donors (Lipinski definition) is 1. The topological polar surface area (TPSA) is 49.8 Å². The van der Waals surface area contributed by atoms with Gasteiger partial charge in [-0.2, -0.15) is 5.26 Å². The number of halogens is 1. The Morgan fingerprint density at radius 2 is 2.11 bits per heavy atom. The number of rotatable bonds is 0. The van der Waals surface area contributed by atoms with Crippen LogP contribution in [0.15, 0.2) is 0 Å². The van der Waals surface area contributed by atoms with Crippen LogP contribution in [-0.4, -0.2) is 6.04 Å². The van der Waals surface area contributed by atoms with Crippen molar-refractivity contribution in [1.29, 1.82) is 5.26 Å². The van der Waals surface area contributed by atoms with Gasteiger partial charge in [-0.25, -0.2) is 0 Å². The molecule has 2 nitrogen and oxygen atoms in total. The maximum atomic E-state index is 8.38. The minimum Gasteiger partial charge on any atom is -0.328 e. The predicted molar refractivity (Wildman–Crippen MR) is 38.2 cm³/mol. The molecule has 52 valence electrons. The van der Waals surface area contributed by atoms with Crippen molar-refractivity contribution in [3.05, 3.63) is 0 Å². The molecule has 0 aliphatic heterocycles. The Balaban J connectivity index is 0.000000640. The second kappa shape index (κ2) is 3.71. The normalized spacial score (nSPS) is 32.9. The summed E-state index contributed by atoms with van der Waals surface area (Å²) in [6, 6.07) is 2.52. The third-order valence-corrected chi connectivity index (χ3v) is 1.66. The Hall–Kier alpha value is -0.260. The van der Waals surface area contributed by atoms with E-state index in [2.05, 4.69) is 6.07 Å². The Morgan fingerprint density at radius 1 is 1.44 bits per heavy atom. The quantitative estimate of drug-likeness (QED) is 0.556. The van der Waals surface area contributed by atoms with E-state index in [0.29, 0.717) is 6.04 Å².